The Kier molecular flexibility index (Phi) is 4.86. The summed E-state index contributed by atoms with van der Waals surface area (Å²) < 4.78 is 7.05. The van der Waals surface area contributed by atoms with Gasteiger partial charge >= 0.3 is 0 Å². The Morgan fingerprint density at radius 2 is 1.87 bits per heavy atom. The lowest BCUT2D eigenvalue weighted by Crippen LogP contribution is -2.44. The number of hydrogen-bond acceptors (Lipinski definition) is 11. The van der Waals surface area contributed by atoms with Crippen LogP contribution in [0.25, 0.3) is 11.2 Å². The molecule has 30 heavy (non-hydrogen) atoms. The van der Waals surface area contributed by atoms with Gasteiger partial charge in [-0.1, -0.05) is 0 Å². The van der Waals surface area contributed by atoms with Crippen LogP contribution in [0.5, 0.6) is 17.2 Å². The number of benzene rings is 1. The smallest absolute Gasteiger partial charge is 0.200 e. The van der Waals surface area contributed by atoms with Crippen molar-refractivity contribution in [1.82, 2.24) is 19.5 Å². The van der Waals surface area contributed by atoms with Crippen molar-refractivity contribution in [1.29, 1.82) is 0 Å². The number of phenolic OH excluding ortho intramolecular Hbond substituents is 3. The average molecular weight is 419 g/mol. The van der Waals surface area contributed by atoms with Crippen molar-refractivity contribution in [2.45, 2.75) is 37.5 Å². The van der Waals surface area contributed by atoms with Gasteiger partial charge in [-0.2, -0.15) is 0 Å². The number of aromatic nitrogens is 4. The third-order valence-corrected chi connectivity index (χ3v) is 5.14. The minimum absolute atomic E-state index is 0.142. The van der Waals surface area contributed by atoms with Crippen LogP contribution in [0.4, 0.5) is 5.82 Å². The molecule has 0 spiro atoms. The van der Waals surface area contributed by atoms with Gasteiger partial charge in [-0.25, -0.2) is 15.0 Å². The molecule has 3 aromatic rings. The molecule has 2 aromatic heterocycles. The monoisotopic (exact) mass is 419 g/mol. The molecule has 0 aliphatic carbocycles. The number of rotatable bonds is 5. The standard InChI is InChI=1S/C18H21N5O7/c1-18(29)14(28)11(5-24)30-17(18)23-7-22-12-15(20-6-21-16(12)23)19-4-8-2-9(25)13(27)10(26)3-8/h2-3,6-7,11,14,17,24-29H,4-5H2,1H3,(H,19,20,21)/t11-,14-,17-,18-/m1/s1. The Balaban J connectivity index is 1.63. The molecular weight excluding hydrogens is 398 g/mol. The van der Waals surface area contributed by atoms with Crippen LogP contribution in [-0.4, -0.2) is 74.6 Å². The fourth-order valence-corrected chi connectivity index (χ4v) is 3.49. The number of aliphatic hydroxyl groups excluding tert-OH is 2. The van der Waals surface area contributed by atoms with E-state index >= 15 is 0 Å². The topological polar surface area (TPSA) is 186 Å². The first-order valence-corrected chi connectivity index (χ1v) is 9.06. The molecule has 12 heteroatoms. The van der Waals surface area contributed by atoms with Crippen molar-refractivity contribution in [3.05, 3.63) is 30.4 Å². The second kappa shape index (κ2) is 7.25. The third-order valence-electron chi connectivity index (χ3n) is 5.14. The summed E-state index contributed by atoms with van der Waals surface area (Å²) in [5.41, 5.74) is -0.545. The van der Waals surface area contributed by atoms with Crippen LogP contribution in [0, 0.1) is 0 Å². The Bertz CT molecular complexity index is 1060. The minimum atomic E-state index is -1.69. The maximum Gasteiger partial charge on any atom is 0.200 e. The molecule has 0 unspecified atom stereocenters. The van der Waals surface area contributed by atoms with Crippen LogP contribution in [0.15, 0.2) is 24.8 Å². The molecule has 1 aliphatic heterocycles. The van der Waals surface area contributed by atoms with Crippen LogP contribution in [0.2, 0.25) is 0 Å². The fraction of sp³-hybridized carbons (Fsp3) is 0.389. The number of nitrogens with zero attached hydrogens (tertiary/aromatic N) is 4. The van der Waals surface area contributed by atoms with Crippen molar-refractivity contribution in [3.63, 3.8) is 0 Å². The molecule has 1 fully saturated rings. The maximum absolute atomic E-state index is 10.7. The first-order chi connectivity index (χ1) is 14.2. The summed E-state index contributed by atoms with van der Waals surface area (Å²) in [6.07, 6.45) is -0.647. The Morgan fingerprint density at radius 3 is 2.50 bits per heavy atom. The van der Waals surface area contributed by atoms with Crippen molar-refractivity contribution in [2.24, 2.45) is 0 Å². The van der Waals surface area contributed by atoms with Crippen LogP contribution in [-0.2, 0) is 11.3 Å². The molecule has 0 amide bonds. The van der Waals surface area contributed by atoms with E-state index in [1.807, 2.05) is 0 Å². The zero-order chi connectivity index (χ0) is 21.6. The molecular formula is C18H21N5O7. The number of imidazole rings is 1. The largest absolute Gasteiger partial charge is 0.504 e. The van der Waals surface area contributed by atoms with Crippen molar-refractivity contribution < 1.29 is 35.4 Å². The zero-order valence-corrected chi connectivity index (χ0v) is 15.8. The lowest BCUT2D eigenvalue weighted by molar-refractivity contribution is -0.0950. The number of nitrogens with one attached hydrogen (secondary N) is 1. The summed E-state index contributed by atoms with van der Waals surface area (Å²) >= 11 is 0. The van der Waals surface area contributed by atoms with Gasteiger partial charge in [0.05, 0.1) is 12.9 Å². The van der Waals surface area contributed by atoms with E-state index in [1.54, 1.807) is 0 Å². The normalized spacial score (nSPS) is 26.3. The summed E-state index contributed by atoms with van der Waals surface area (Å²) in [5.74, 6) is -1.18. The SMILES string of the molecule is C[C@@]1(O)[C@H](O)[C@@H](CO)O[C@H]1n1cnc2c(NCc3cc(O)c(O)c(O)c3)ncnc21. The number of anilines is 1. The predicted octanol–water partition coefficient (Wildman–Crippen LogP) is -0.443. The van der Waals surface area contributed by atoms with Gasteiger partial charge in [-0.15, -0.1) is 0 Å². The number of phenols is 3. The van der Waals surface area contributed by atoms with Crippen LogP contribution < -0.4 is 5.32 Å². The molecule has 160 valence electrons. The number of ether oxygens (including phenoxy) is 1. The first-order valence-electron chi connectivity index (χ1n) is 9.06. The molecule has 4 atom stereocenters. The molecule has 3 heterocycles. The molecule has 4 rings (SSSR count). The second-order valence-corrected chi connectivity index (χ2v) is 7.26. The van der Waals surface area contributed by atoms with Gasteiger partial charge < -0.3 is 40.7 Å². The first kappa shape index (κ1) is 20.1. The number of aromatic hydroxyl groups is 3. The third kappa shape index (κ3) is 3.15. The molecule has 0 radical (unpaired) electrons. The van der Waals surface area contributed by atoms with Crippen LogP contribution in [0.1, 0.15) is 18.7 Å². The van der Waals surface area contributed by atoms with E-state index in [-0.39, 0.29) is 6.54 Å². The summed E-state index contributed by atoms with van der Waals surface area (Å²) in [5, 5.41) is 62.0. The van der Waals surface area contributed by atoms with Gasteiger partial charge in [-0.3, -0.25) is 4.57 Å². The lowest BCUT2D eigenvalue weighted by atomic mass is 9.96. The predicted molar refractivity (Wildman–Crippen MR) is 102 cm³/mol. The molecule has 7 N–H and O–H groups in total. The molecule has 1 aromatic carbocycles. The Labute approximate surface area is 169 Å². The highest BCUT2D eigenvalue weighted by molar-refractivity contribution is 5.82. The summed E-state index contributed by atoms with van der Waals surface area (Å²) in [4.78, 5) is 12.6. The van der Waals surface area contributed by atoms with E-state index in [9.17, 15) is 30.6 Å². The van der Waals surface area contributed by atoms with Crippen molar-refractivity contribution >= 4 is 17.0 Å². The van der Waals surface area contributed by atoms with Crippen molar-refractivity contribution in [3.8, 4) is 17.2 Å². The fourth-order valence-electron chi connectivity index (χ4n) is 3.49. The quantitative estimate of drug-likeness (QED) is 0.266. The lowest BCUT2D eigenvalue weighted by Gasteiger charge is -2.27. The van der Waals surface area contributed by atoms with E-state index in [2.05, 4.69) is 20.3 Å². The highest BCUT2D eigenvalue weighted by Gasteiger charge is 2.53. The van der Waals surface area contributed by atoms with Gasteiger partial charge in [0.15, 0.2) is 40.5 Å². The minimum Gasteiger partial charge on any atom is -0.504 e. The summed E-state index contributed by atoms with van der Waals surface area (Å²) in [6, 6.07) is 2.58. The summed E-state index contributed by atoms with van der Waals surface area (Å²) in [7, 11) is 0. The maximum atomic E-state index is 10.7. The van der Waals surface area contributed by atoms with E-state index < -0.39 is 47.9 Å². The number of hydrogen-bond donors (Lipinski definition) is 7. The Morgan fingerprint density at radius 1 is 1.17 bits per heavy atom. The van der Waals surface area contributed by atoms with E-state index in [0.717, 1.165) is 0 Å². The highest BCUT2D eigenvalue weighted by Crippen LogP contribution is 2.40. The second-order valence-electron chi connectivity index (χ2n) is 7.26. The van der Waals surface area contributed by atoms with Crippen LogP contribution >= 0.6 is 0 Å². The van der Waals surface area contributed by atoms with Gasteiger partial charge in [0.25, 0.3) is 0 Å². The molecule has 0 saturated carbocycles. The molecule has 1 saturated heterocycles. The van der Waals surface area contributed by atoms with Gasteiger partial charge in [-0.05, 0) is 24.6 Å². The van der Waals surface area contributed by atoms with E-state index in [4.69, 9.17) is 4.74 Å². The number of aliphatic hydroxyl groups is 3. The highest BCUT2D eigenvalue weighted by atomic mass is 16.6. The van der Waals surface area contributed by atoms with E-state index in [0.29, 0.717) is 22.5 Å². The zero-order valence-electron chi connectivity index (χ0n) is 15.8. The number of fused-ring (bicyclic) bond motifs is 1. The molecule has 0 bridgehead atoms. The average Bonchev–Trinajstić information content (AvgIpc) is 3.23. The van der Waals surface area contributed by atoms with Crippen LogP contribution in [0.3, 0.4) is 0 Å². The van der Waals surface area contributed by atoms with Gasteiger partial charge in [0.1, 0.15) is 24.1 Å². The molecule has 1 aliphatic rings. The van der Waals surface area contributed by atoms with Gasteiger partial charge in [0.2, 0.25) is 0 Å². The van der Waals surface area contributed by atoms with Crippen molar-refractivity contribution in [2.75, 3.05) is 11.9 Å². The van der Waals surface area contributed by atoms with Gasteiger partial charge in [0, 0.05) is 6.54 Å². The van der Waals surface area contributed by atoms with E-state index in [1.165, 1.54) is 36.3 Å². The Hall–Kier alpha value is -3.19. The molecule has 12 nitrogen and oxygen atoms in total. The summed E-state index contributed by atoms with van der Waals surface area (Å²) in [6.45, 7) is 1.08.